The van der Waals surface area contributed by atoms with E-state index in [2.05, 4.69) is 45.0 Å². The third-order valence-electron chi connectivity index (χ3n) is 2.51. The average Bonchev–Trinajstić information content (AvgIpc) is 2.22. The molecular weight excluding hydrogens is 172 g/mol. The summed E-state index contributed by atoms with van der Waals surface area (Å²) < 4.78 is 5.30. The van der Waals surface area contributed by atoms with Gasteiger partial charge in [0.15, 0.2) is 0 Å². The van der Waals surface area contributed by atoms with Gasteiger partial charge in [-0.15, -0.1) is 0 Å². The Hall–Kier alpha value is -1.24. The van der Waals surface area contributed by atoms with Crippen LogP contribution in [0.1, 0.15) is 31.4 Å². The van der Waals surface area contributed by atoms with Crippen LogP contribution in [-0.2, 0) is 0 Å². The molecule has 1 rings (SSSR count). The fourth-order valence-corrected chi connectivity index (χ4v) is 1.59. The van der Waals surface area contributed by atoms with Crippen molar-refractivity contribution < 1.29 is 4.74 Å². The predicted octanol–water partition coefficient (Wildman–Crippen LogP) is 3.82. The zero-order valence-electron chi connectivity index (χ0n) is 9.42. The van der Waals surface area contributed by atoms with Gasteiger partial charge in [-0.3, -0.25) is 0 Å². The van der Waals surface area contributed by atoms with Crippen molar-refractivity contribution in [2.24, 2.45) is 0 Å². The largest absolute Gasteiger partial charge is 0.496 e. The van der Waals surface area contributed by atoms with E-state index in [4.69, 9.17) is 4.74 Å². The van der Waals surface area contributed by atoms with E-state index in [9.17, 15) is 0 Å². The van der Waals surface area contributed by atoms with Crippen molar-refractivity contribution in [3.63, 3.8) is 0 Å². The van der Waals surface area contributed by atoms with Gasteiger partial charge in [0.1, 0.15) is 5.75 Å². The molecule has 1 heteroatoms. The molecule has 1 aromatic carbocycles. The van der Waals surface area contributed by atoms with Crippen LogP contribution in [-0.4, -0.2) is 7.11 Å². The Morgan fingerprint density at radius 3 is 2.64 bits per heavy atom. The Bertz CT molecular complexity index is 337. The lowest BCUT2D eigenvalue weighted by Gasteiger charge is -2.09. The minimum Gasteiger partial charge on any atom is -0.496 e. The second-order valence-corrected chi connectivity index (χ2v) is 3.35. The lowest BCUT2D eigenvalue weighted by atomic mass is 10.0. The van der Waals surface area contributed by atoms with Gasteiger partial charge in [-0.1, -0.05) is 25.1 Å². The van der Waals surface area contributed by atoms with Crippen molar-refractivity contribution in [1.29, 1.82) is 0 Å². The zero-order valence-corrected chi connectivity index (χ0v) is 9.42. The molecule has 14 heavy (non-hydrogen) atoms. The highest BCUT2D eigenvalue weighted by Crippen LogP contribution is 2.25. The first kappa shape index (κ1) is 10.8. The molecule has 0 amide bonds. The fourth-order valence-electron chi connectivity index (χ4n) is 1.59. The number of hydrogen-bond acceptors (Lipinski definition) is 1. The van der Waals surface area contributed by atoms with Crippen LogP contribution < -0.4 is 4.74 Å². The van der Waals surface area contributed by atoms with Crippen LogP contribution in [0.5, 0.6) is 5.75 Å². The minimum atomic E-state index is 0.968. The molecule has 0 saturated carbocycles. The van der Waals surface area contributed by atoms with Gasteiger partial charge in [-0.2, -0.15) is 0 Å². The van der Waals surface area contributed by atoms with Gasteiger partial charge < -0.3 is 4.74 Å². The van der Waals surface area contributed by atoms with Gasteiger partial charge in [0, 0.05) is 0 Å². The Balaban J connectivity index is 3.12. The number of allylic oxidation sites excluding steroid dienone is 2. The average molecular weight is 190 g/mol. The van der Waals surface area contributed by atoms with E-state index in [0.717, 1.165) is 12.2 Å². The maximum Gasteiger partial charge on any atom is 0.122 e. The molecule has 1 nitrogen and oxygen atoms in total. The highest BCUT2D eigenvalue weighted by Gasteiger charge is 2.02. The quantitative estimate of drug-likeness (QED) is 0.704. The molecule has 0 saturated heterocycles. The lowest BCUT2D eigenvalue weighted by molar-refractivity contribution is 0.411. The molecule has 0 fully saturated rings. The third-order valence-corrected chi connectivity index (χ3v) is 2.51. The summed E-state index contributed by atoms with van der Waals surface area (Å²) in [7, 11) is 1.72. The molecular formula is C13H18O. The van der Waals surface area contributed by atoms with E-state index < -0.39 is 0 Å². The van der Waals surface area contributed by atoms with E-state index >= 15 is 0 Å². The van der Waals surface area contributed by atoms with Crippen LogP contribution in [0.3, 0.4) is 0 Å². The predicted molar refractivity (Wildman–Crippen MR) is 61.7 cm³/mol. The van der Waals surface area contributed by atoms with E-state index in [0.29, 0.717) is 0 Å². The van der Waals surface area contributed by atoms with E-state index in [1.54, 1.807) is 7.11 Å². The smallest absolute Gasteiger partial charge is 0.122 e. The fraction of sp³-hybridized carbons (Fsp3) is 0.385. The van der Waals surface area contributed by atoms with Crippen molar-refractivity contribution in [2.45, 2.75) is 27.2 Å². The highest BCUT2D eigenvalue weighted by molar-refractivity contribution is 5.66. The molecule has 0 N–H and O–H groups in total. The van der Waals surface area contributed by atoms with Gasteiger partial charge in [-0.25, -0.2) is 0 Å². The van der Waals surface area contributed by atoms with Crippen LogP contribution in [0, 0.1) is 6.92 Å². The molecule has 0 aliphatic carbocycles. The molecule has 0 aromatic heterocycles. The molecule has 0 unspecified atom stereocenters. The monoisotopic (exact) mass is 190 g/mol. The van der Waals surface area contributed by atoms with Crippen LogP contribution in [0.15, 0.2) is 24.3 Å². The third kappa shape index (κ3) is 2.16. The van der Waals surface area contributed by atoms with Crippen molar-refractivity contribution in [3.8, 4) is 5.75 Å². The van der Waals surface area contributed by atoms with Crippen molar-refractivity contribution in [2.75, 3.05) is 7.11 Å². The van der Waals surface area contributed by atoms with Gasteiger partial charge in [-0.05, 0) is 43.0 Å². The topological polar surface area (TPSA) is 9.23 Å². The van der Waals surface area contributed by atoms with Crippen molar-refractivity contribution in [1.82, 2.24) is 0 Å². The summed E-state index contributed by atoms with van der Waals surface area (Å²) in [6.45, 7) is 6.30. The second-order valence-electron chi connectivity index (χ2n) is 3.35. The van der Waals surface area contributed by atoms with Crippen LogP contribution in [0.4, 0.5) is 0 Å². The van der Waals surface area contributed by atoms with Gasteiger partial charge in [0.05, 0.1) is 7.11 Å². The molecule has 0 radical (unpaired) electrons. The standard InChI is InChI=1S/C13H18O/c1-5-11(6-2)12-8-7-10(3)13(9-12)14-4/h5,7-9H,6H2,1-4H3/b11-5-. The van der Waals surface area contributed by atoms with Gasteiger partial charge in [0.2, 0.25) is 0 Å². The van der Waals surface area contributed by atoms with E-state index in [-0.39, 0.29) is 0 Å². The van der Waals surface area contributed by atoms with Crippen LogP contribution in [0.2, 0.25) is 0 Å². The van der Waals surface area contributed by atoms with E-state index in [1.807, 2.05) is 0 Å². The number of hydrogen-bond donors (Lipinski definition) is 0. The summed E-state index contributed by atoms with van der Waals surface area (Å²) in [5.41, 5.74) is 3.81. The number of ether oxygens (including phenoxy) is 1. The van der Waals surface area contributed by atoms with Crippen LogP contribution >= 0.6 is 0 Å². The van der Waals surface area contributed by atoms with Gasteiger partial charge in [0.25, 0.3) is 0 Å². The summed E-state index contributed by atoms with van der Waals surface area (Å²) in [6, 6.07) is 6.36. The molecule has 76 valence electrons. The summed E-state index contributed by atoms with van der Waals surface area (Å²) in [4.78, 5) is 0. The first-order chi connectivity index (χ1) is 6.72. The Kier molecular flexibility index (Phi) is 3.75. The van der Waals surface area contributed by atoms with Crippen molar-refractivity contribution >= 4 is 5.57 Å². The number of rotatable bonds is 3. The van der Waals surface area contributed by atoms with E-state index in [1.165, 1.54) is 16.7 Å². The second kappa shape index (κ2) is 4.85. The van der Waals surface area contributed by atoms with Gasteiger partial charge >= 0.3 is 0 Å². The Morgan fingerprint density at radius 2 is 2.14 bits per heavy atom. The maximum absolute atomic E-state index is 5.30. The maximum atomic E-state index is 5.30. The summed E-state index contributed by atoms with van der Waals surface area (Å²) in [5, 5.41) is 0. The summed E-state index contributed by atoms with van der Waals surface area (Å²) >= 11 is 0. The Labute approximate surface area is 86.4 Å². The normalized spacial score (nSPS) is 11.6. The number of aryl methyl sites for hydroxylation is 1. The minimum absolute atomic E-state index is 0.968. The first-order valence-corrected chi connectivity index (χ1v) is 5.03. The van der Waals surface area contributed by atoms with Crippen molar-refractivity contribution in [3.05, 3.63) is 35.4 Å². The Morgan fingerprint density at radius 1 is 1.43 bits per heavy atom. The SMILES string of the molecule is C/C=C(/CC)c1ccc(C)c(OC)c1. The number of benzene rings is 1. The summed E-state index contributed by atoms with van der Waals surface area (Å²) in [6.07, 6.45) is 3.22. The zero-order chi connectivity index (χ0) is 10.6. The summed E-state index contributed by atoms with van der Waals surface area (Å²) in [5.74, 6) is 0.968. The first-order valence-electron chi connectivity index (χ1n) is 5.03. The molecule has 0 aliphatic rings. The highest BCUT2D eigenvalue weighted by atomic mass is 16.5. The van der Waals surface area contributed by atoms with Crippen LogP contribution in [0.25, 0.3) is 5.57 Å². The molecule has 0 atom stereocenters. The molecule has 0 heterocycles. The lowest BCUT2D eigenvalue weighted by Crippen LogP contribution is -1.90. The molecule has 0 spiro atoms. The molecule has 0 aliphatic heterocycles. The molecule has 1 aromatic rings. The molecule has 0 bridgehead atoms. The number of methoxy groups -OCH3 is 1.